The van der Waals surface area contributed by atoms with Crippen molar-refractivity contribution in [1.82, 2.24) is 15.4 Å². The lowest BCUT2D eigenvalue weighted by Gasteiger charge is -2.03. The topological polar surface area (TPSA) is 67.9 Å². The zero-order valence-electron chi connectivity index (χ0n) is 6.37. The van der Waals surface area contributed by atoms with Gasteiger partial charge in [0.1, 0.15) is 0 Å². The fraction of sp³-hybridized carbons (Fsp3) is 0.500. The Bertz CT molecular complexity index is 232. The van der Waals surface area contributed by atoms with Gasteiger partial charge in [-0.3, -0.25) is 9.89 Å². The molecule has 0 saturated heterocycles. The number of hydrogen-bond acceptors (Lipinski definition) is 4. The highest BCUT2D eigenvalue weighted by molar-refractivity contribution is 5.76. The van der Waals surface area contributed by atoms with E-state index in [0.29, 0.717) is 5.69 Å². The van der Waals surface area contributed by atoms with Crippen LogP contribution in [0.2, 0.25) is 0 Å². The van der Waals surface area contributed by atoms with E-state index in [1.807, 2.05) is 0 Å². The Morgan fingerprint density at radius 3 is 3.00 bits per heavy atom. The van der Waals surface area contributed by atoms with Crippen molar-refractivity contribution in [1.29, 1.82) is 0 Å². The quantitative estimate of drug-likeness (QED) is 0.614. The Kier molecular flexibility index (Phi) is 2.20. The van der Waals surface area contributed by atoms with Crippen molar-refractivity contribution >= 4 is 5.97 Å². The monoisotopic (exact) mass is 155 g/mol. The Balaban J connectivity index is 2.70. The van der Waals surface area contributed by atoms with Crippen molar-refractivity contribution in [2.45, 2.75) is 12.8 Å². The van der Waals surface area contributed by atoms with Crippen LogP contribution in [0.25, 0.3) is 0 Å². The highest BCUT2D eigenvalue weighted by Crippen LogP contribution is 2.10. The van der Waals surface area contributed by atoms with Crippen molar-refractivity contribution in [2.24, 2.45) is 0 Å². The van der Waals surface area contributed by atoms with E-state index in [2.05, 4.69) is 20.1 Å². The van der Waals surface area contributed by atoms with Crippen LogP contribution in [0, 0.1) is 0 Å². The Labute approximate surface area is 63.8 Å². The number of carbonyl (C=O) groups is 1. The Hall–Kier alpha value is -1.39. The summed E-state index contributed by atoms with van der Waals surface area (Å²) in [5, 5.41) is 9.68. The van der Waals surface area contributed by atoms with Crippen LogP contribution in [0.5, 0.6) is 0 Å². The van der Waals surface area contributed by atoms with Gasteiger partial charge in [-0.15, -0.1) is 5.10 Å². The van der Waals surface area contributed by atoms with Crippen LogP contribution in [-0.2, 0) is 9.53 Å². The number of nitrogens with zero attached hydrogens (tertiary/aromatic N) is 2. The summed E-state index contributed by atoms with van der Waals surface area (Å²) >= 11 is 0. The predicted octanol–water partition coefficient (Wildman–Crippen LogP) is 0.0812. The second-order valence-corrected chi connectivity index (χ2v) is 2.14. The molecule has 1 N–H and O–H groups in total. The summed E-state index contributed by atoms with van der Waals surface area (Å²) in [6.07, 6.45) is 1.57. The van der Waals surface area contributed by atoms with Crippen LogP contribution in [0.1, 0.15) is 18.5 Å². The summed E-state index contributed by atoms with van der Waals surface area (Å²) < 4.78 is 4.52. The summed E-state index contributed by atoms with van der Waals surface area (Å²) in [6.45, 7) is 1.71. The normalized spacial score (nSPS) is 12.5. The molecule has 1 atom stereocenters. The molecule has 0 saturated carbocycles. The largest absolute Gasteiger partial charge is 0.469 e. The first-order valence-corrected chi connectivity index (χ1v) is 3.20. The number of H-pyrrole nitrogens is 1. The second kappa shape index (κ2) is 3.14. The van der Waals surface area contributed by atoms with E-state index in [-0.39, 0.29) is 11.9 Å². The van der Waals surface area contributed by atoms with Crippen molar-refractivity contribution in [2.75, 3.05) is 7.11 Å². The fourth-order valence-electron chi connectivity index (χ4n) is 0.720. The standard InChI is InChI=1S/C6H9N3O2/c1-4(6(10)11-2)5-3-7-9-8-5/h3-4H,1-2H3,(H,7,8,9). The minimum Gasteiger partial charge on any atom is -0.469 e. The van der Waals surface area contributed by atoms with Crippen molar-refractivity contribution in [3.63, 3.8) is 0 Å². The first kappa shape index (κ1) is 7.71. The van der Waals surface area contributed by atoms with Gasteiger partial charge in [0, 0.05) is 6.20 Å². The first-order chi connectivity index (χ1) is 5.25. The molecule has 0 aromatic carbocycles. The van der Waals surface area contributed by atoms with Crippen LogP contribution in [-0.4, -0.2) is 28.5 Å². The summed E-state index contributed by atoms with van der Waals surface area (Å²) in [7, 11) is 1.35. The minimum atomic E-state index is -0.348. The molecule has 11 heavy (non-hydrogen) atoms. The summed E-state index contributed by atoms with van der Waals surface area (Å²) in [4.78, 5) is 10.9. The van der Waals surface area contributed by atoms with Gasteiger partial charge in [0.15, 0.2) is 0 Å². The van der Waals surface area contributed by atoms with Crippen molar-refractivity contribution in [3.8, 4) is 0 Å². The molecular weight excluding hydrogens is 146 g/mol. The third-order valence-electron chi connectivity index (χ3n) is 1.43. The average molecular weight is 155 g/mol. The first-order valence-electron chi connectivity index (χ1n) is 3.20. The molecule has 0 radical (unpaired) electrons. The zero-order chi connectivity index (χ0) is 8.27. The number of hydrogen-bond donors (Lipinski definition) is 1. The molecular formula is C6H9N3O2. The average Bonchev–Trinajstić information content (AvgIpc) is 2.53. The highest BCUT2D eigenvalue weighted by Gasteiger charge is 2.17. The van der Waals surface area contributed by atoms with Crippen LogP contribution in [0.3, 0.4) is 0 Å². The molecule has 5 heteroatoms. The summed E-state index contributed by atoms with van der Waals surface area (Å²) in [6, 6.07) is 0. The van der Waals surface area contributed by atoms with Crippen LogP contribution in [0.4, 0.5) is 0 Å². The smallest absolute Gasteiger partial charge is 0.314 e. The molecule has 1 aromatic heterocycles. The van der Waals surface area contributed by atoms with E-state index in [9.17, 15) is 4.79 Å². The summed E-state index contributed by atoms with van der Waals surface area (Å²) in [5.41, 5.74) is 0.594. The number of esters is 1. The maximum Gasteiger partial charge on any atom is 0.314 e. The number of nitrogens with one attached hydrogen (secondary N) is 1. The molecule has 0 spiro atoms. The molecule has 0 aliphatic heterocycles. The third kappa shape index (κ3) is 1.54. The zero-order valence-corrected chi connectivity index (χ0v) is 6.37. The van der Waals surface area contributed by atoms with Crippen LogP contribution < -0.4 is 0 Å². The van der Waals surface area contributed by atoms with Gasteiger partial charge in [-0.05, 0) is 6.92 Å². The third-order valence-corrected chi connectivity index (χ3v) is 1.43. The van der Waals surface area contributed by atoms with Crippen molar-refractivity contribution < 1.29 is 9.53 Å². The molecule has 0 bridgehead atoms. The number of aromatic amines is 1. The van der Waals surface area contributed by atoms with Crippen LogP contribution in [0.15, 0.2) is 6.20 Å². The van der Waals surface area contributed by atoms with Gasteiger partial charge in [0.2, 0.25) is 0 Å². The maximum atomic E-state index is 10.9. The fourth-order valence-corrected chi connectivity index (χ4v) is 0.720. The van der Waals surface area contributed by atoms with E-state index in [4.69, 9.17) is 0 Å². The van der Waals surface area contributed by atoms with Crippen LogP contribution >= 0.6 is 0 Å². The van der Waals surface area contributed by atoms with E-state index >= 15 is 0 Å². The van der Waals surface area contributed by atoms with Gasteiger partial charge in [-0.2, -0.15) is 0 Å². The molecule has 0 fully saturated rings. The van der Waals surface area contributed by atoms with Gasteiger partial charge in [0.25, 0.3) is 0 Å². The van der Waals surface area contributed by atoms with E-state index in [1.54, 1.807) is 13.1 Å². The van der Waals surface area contributed by atoms with Gasteiger partial charge >= 0.3 is 5.97 Å². The van der Waals surface area contributed by atoms with E-state index in [1.165, 1.54) is 7.11 Å². The highest BCUT2D eigenvalue weighted by atomic mass is 16.5. The SMILES string of the molecule is COC(=O)C(C)c1c[nH]nn1. The molecule has 0 amide bonds. The lowest BCUT2D eigenvalue weighted by atomic mass is 10.1. The number of rotatable bonds is 2. The Morgan fingerprint density at radius 2 is 2.55 bits per heavy atom. The molecule has 1 aromatic rings. The molecule has 1 rings (SSSR count). The molecule has 0 aliphatic carbocycles. The number of methoxy groups -OCH3 is 1. The van der Waals surface area contributed by atoms with Crippen molar-refractivity contribution in [3.05, 3.63) is 11.9 Å². The van der Waals surface area contributed by atoms with Gasteiger partial charge in [-0.1, -0.05) is 5.21 Å². The van der Waals surface area contributed by atoms with Gasteiger partial charge in [-0.25, -0.2) is 0 Å². The minimum absolute atomic E-state index is 0.307. The molecule has 1 unspecified atom stereocenters. The number of carbonyl (C=O) groups excluding carboxylic acids is 1. The van der Waals surface area contributed by atoms with E-state index < -0.39 is 0 Å². The lowest BCUT2D eigenvalue weighted by molar-refractivity contribution is -0.142. The Morgan fingerprint density at radius 1 is 1.82 bits per heavy atom. The predicted molar refractivity (Wildman–Crippen MR) is 36.8 cm³/mol. The molecule has 0 aliphatic rings. The van der Waals surface area contributed by atoms with E-state index in [0.717, 1.165) is 0 Å². The van der Waals surface area contributed by atoms with Gasteiger partial charge < -0.3 is 4.74 Å². The second-order valence-electron chi connectivity index (χ2n) is 2.14. The molecule has 1 heterocycles. The van der Waals surface area contributed by atoms with Gasteiger partial charge in [0.05, 0.1) is 18.7 Å². The number of aromatic nitrogens is 3. The summed E-state index contributed by atoms with van der Waals surface area (Å²) in [5.74, 6) is -0.655. The molecule has 5 nitrogen and oxygen atoms in total. The maximum absolute atomic E-state index is 10.9. The number of ether oxygens (including phenoxy) is 1. The lowest BCUT2D eigenvalue weighted by Crippen LogP contribution is -2.10. The molecule has 60 valence electrons.